The van der Waals surface area contributed by atoms with Crippen LogP contribution in [0.1, 0.15) is 6.42 Å². The first kappa shape index (κ1) is 7.28. The number of aliphatic hydroxyl groups excluding tert-OH is 2. The summed E-state index contributed by atoms with van der Waals surface area (Å²) in [4.78, 5) is 0. The first-order valence-electron chi connectivity index (χ1n) is 4.04. The van der Waals surface area contributed by atoms with Crippen LogP contribution in [0.3, 0.4) is 0 Å². The van der Waals surface area contributed by atoms with Crippen molar-refractivity contribution in [2.75, 3.05) is 19.7 Å². The van der Waals surface area contributed by atoms with E-state index in [0.29, 0.717) is 0 Å². The van der Waals surface area contributed by atoms with E-state index in [0.717, 1.165) is 25.1 Å². The Morgan fingerprint density at radius 3 is 2.82 bits per heavy atom. The lowest BCUT2D eigenvalue weighted by Gasteiger charge is -2.10. The molecule has 0 fully saturated rings. The Hall–Kier alpha value is -0.380. The van der Waals surface area contributed by atoms with E-state index in [2.05, 4.69) is 5.32 Å². The fourth-order valence-electron chi connectivity index (χ4n) is 2.04. The molecule has 0 spiro atoms. The molecular weight excluding hydrogens is 142 g/mol. The number of hydrogen-bond donors (Lipinski definition) is 3. The van der Waals surface area contributed by atoms with Gasteiger partial charge in [0.15, 0.2) is 0 Å². The molecule has 2 rings (SSSR count). The molecule has 0 aromatic heterocycles. The molecule has 0 aromatic rings. The molecule has 1 aliphatic heterocycles. The molecule has 3 nitrogen and oxygen atoms in total. The summed E-state index contributed by atoms with van der Waals surface area (Å²) >= 11 is 0. The monoisotopic (exact) mass is 155 g/mol. The third kappa shape index (κ3) is 1.00. The number of nitrogens with one attached hydrogen (secondary N) is 1. The summed E-state index contributed by atoms with van der Waals surface area (Å²) in [5, 5.41) is 21.6. The Balaban J connectivity index is 2.21. The highest BCUT2D eigenvalue weighted by molar-refractivity contribution is 5.33. The van der Waals surface area contributed by atoms with Crippen molar-refractivity contribution < 1.29 is 10.2 Å². The molecule has 0 aromatic carbocycles. The zero-order valence-electron chi connectivity index (χ0n) is 6.38. The standard InChI is InChI=1S/C8H13NO2/c10-4-5-1-8(11)7-3-9-2-6(5)7/h5,8-11H,1-4H2. The molecule has 1 aliphatic carbocycles. The molecule has 0 saturated heterocycles. The van der Waals surface area contributed by atoms with Gasteiger partial charge in [0.1, 0.15) is 0 Å². The molecular formula is C8H13NO2. The van der Waals surface area contributed by atoms with Crippen molar-refractivity contribution in [3.63, 3.8) is 0 Å². The third-order valence-corrected chi connectivity index (χ3v) is 2.67. The van der Waals surface area contributed by atoms with Gasteiger partial charge < -0.3 is 15.5 Å². The highest BCUT2D eigenvalue weighted by Gasteiger charge is 2.33. The van der Waals surface area contributed by atoms with E-state index in [9.17, 15) is 5.11 Å². The Morgan fingerprint density at radius 1 is 1.36 bits per heavy atom. The number of aliphatic hydroxyl groups is 2. The minimum Gasteiger partial charge on any atom is -0.396 e. The Bertz CT molecular complexity index is 200. The predicted molar refractivity (Wildman–Crippen MR) is 41.1 cm³/mol. The summed E-state index contributed by atoms with van der Waals surface area (Å²) in [7, 11) is 0. The Morgan fingerprint density at radius 2 is 2.09 bits per heavy atom. The van der Waals surface area contributed by atoms with Crippen LogP contribution in [0, 0.1) is 5.92 Å². The van der Waals surface area contributed by atoms with Crippen molar-refractivity contribution in [2.24, 2.45) is 5.92 Å². The first-order chi connectivity index (χ1) is 5.33. The van der Waals surface area contributed by atoms with Gasteiger partial charge in [0.2, 0.25) is 0 Å². The molecule has 2 atom stereocenters. The van der Waals surface area contributed by atoms with E-state index < -0.39 is 0 Å². The Labute approximate surface area is 65.7 Å². The van der Waals surface area contributed by atoms with Crippen LogP contribution >= 0.6 is 0 Å². The minimum atomic E-state index is -0.294. The van der Waals surface area contributed by atoms with Gasteiger partial charge >= 0.3 is 0 Å². The number of rotatable bonds is 1. The van der Waals surface area contributed by atoms with Crippen LogP contribution in [0.5, 0.6) is 0 Å². The van der Waals surface area contributed by atoms with Crippen molar-refractivity contribution in [3.8, 4) is 0 Å². The lowest BCUT2D eigenvalue weighted by atomic mass is 10.0. The second kappa shape index (κ2) is 2.59. The van der Waals surface area contributed by atoms with Gasteiger partial charge in [-0.25, -0.2) is 0 Å². The van der Waals surface area contributed by atoms with Crippen LogP contribution in [0.2, 0.25) is 0 Å². The van der Waals surface area contributed by atoms with E-state index in [1.54, 1.807) is 0 Å². The van der Waals surface area contributed by atoms with Crippen LogP contribution in [0.4, 0.5) is 0 Å². The molecule has 62 valence electrons. The lowest BCUT2D eigenvalue weighted by Crippen LogP contribution is -2.20. The van der Waals surface area contributed by atoms with Crippen molar-refractivity contribution in [1.29, 1.82) is 0 Å². The van der Waals surface area contributed by atoms with Gasteiger partial charge in [-0.2, -0.15) is 0 Å². The largest absolute Gasteiger partial charge is 0.396 e. The van der Waals surface area contributed by atoms with E-state index in [4.69, 9.17) is 5.11 Å². The second-order valence-electron chi connectivity index (χ2n) is 3.29. The van der Waals surface area contributed by atoms with Crippen LogP contribution < -0.4 is 5.32 Å². The van der Waals surface area contributed by atoms with Crippen LogP contribution in [-0.4, -0.2) is 36.0 Å². The normalized spacial score (nSPS) is 36.5. The molecule has 2 aliphatic rings. The molecule has 3 N–H and O–H groups in total. The van der Waals surface area contributed by atoms with Crippen LogP contribution in [0.25, 0.3) is 0 Å². The predicted octanol–water partition coefficient (Wildman–Crippen LogP) is -0.741. The summed E-state index contributed by atoms with van der Waals surface area (Å²) < 4.78 is 0. The summed E-state index contributed by atoms with van der Waals surface area (Å²) in [6.07, 6.45) is 0.431. The van der Waals surface area contributed by atoms with Gasteiger partial charge in [-0.1, -0.05) is 0 Å². The van der Waals surface area contributed by atoms with Gasteiger partial charge in [0.05, 0.1) is 6.10 Å². The average molecular weight is 155 g/mol. The Kier molecular flexibility index (Phi) is 1.71. The fraction of sp³-hybridized carbons (Fsp3) is 0.750. The smallest absolute Gasteiger partial charge is 0.0772 e. The maximum atomic E-state index is 9.49. The van der Waals surface area contributed by atoms with E-state index >= 15 is 0 Å². The van der Waals surface area contributed by atoms with E-state index in [-0.39, 0.29) is 18.6 Å². The molecule has 3 heteroatoms. The molecule has 0 amide bonds. The molecule has 0 saturated carbocycles. The van der Waals surface area contributed by atoms with Gasteiger partial charge in [-0.05, 0) is 17.6 Å². The van der Waals surface area contributed by atoms with Gasteiger partial charge in [0, 0.05) is 25.6 Å². The number of hydrogen-bond acceptors (Lipinski definition) is 3. The third-order valence-electron chi connectivity index (χ3n) is 2.67. The summed E-state index contributed by atoms with van der Waals surface area (Å²) in [5.41, 5.74) is 2.38. The highest BCUT2D eigenvalue weighted by Crippen LogP contribution is 2.33. The minimum absolute atomic E-state index is 0.178. The fourth-order valence-corrected chi connectivity index (χ4v) is 2.04. The summed E-state index contributed by atoms with van der Waals surface area (Å²) in [5.74, 6) is 0.218. The molecule has 0 radical (unpaired) electrons. The van der Waals surface area contributed by atoms with Crippen LogP contribution in [0.15, 0.2) is 11.1 Å². The zero-order valence-corrected chi connectivity index (χ0v) is 6.38. The first-order valence-corrected chi connectivity index (χ1v) is 4.04. The topological polar surface area (TPSA) is 52.5 Å². The molecule has 2 unspecified atom stereocenters. The van der Waals surface area contributed by atoms with Crippen molar-refractivity contribution in [1.82, 2.24) is 5.32 Å². The van der Waals surface area contributed by atoms with Gasteiger partial charge in [-0.3, -0.25) is 0 Å². The molecule has 1 heterocycles. The van der Waals surface area contributed by atoms with Crippen molar-refractivity contribution in [2.45, 2.75) is 12.5 Å². The van der Waals surface area contributed by atoms with E-state index in [1.807, 2.05) is 0 Å². The maximum Gasteiger partial charge on any atom is 0.0772 e. The van der Waals surface area contributed by atoms with Gasteiger partial charge in [0.25, 0.3) is 0 Å². The SMILES string of the molecule is OCC1CC(O)C2=C1CNC2. The summed E-state index contributed by atoms with van der Waals surface area (Å²) in [6, 6.07) is 0. The summed E-state index contributed by atoms with van der Waals surface area (Å²) in [6.45, 7) is 1.85. The molecule has 0 bridgehead atoms. The van der Waals surface area contributed by atoms with Gasteiger partial charge in [-0.15, -0.1) is 0 Å². The van der Waals surface area contributed by atoms with E-state index in [1.165, 1.54) is 5.57 Å². The maximum absolute atomic E-state index is 9.49. The van der Waals surface area contributed by atoms with Crippen molar-refractivity contribution in [3.05, 3.63) is 11.1 Å². The quantitative estimate of drug-likeness (QED) is 0.437. The highest BCUT2D eigenvalue weighted by atomic mass is 16.3. The average Bonchev–Trinajstić information content (AvgIpc) is 2.54. The second-order valence-corrected chi connectivity index (χ2v) is 3.29. The van der Waals surface area contributed by atoms with Crippen molar-refractivity contribution >= 4 is 0 Å². The molecule has 11 heavy (non-hydrogen) atoms. The zero-order chi connectivity index (χ0) is 7.84. The van der Waals surface area contributed by atoms with Crippen LogP contribution in [-0.2, 0) is 0 Å². The lowest BCUT2D eigenvalue weighted by molar-refractivity contribution is 0.169.